The largest absolute Gasteiger partial charge is 0.481 e. The first-order valence-corrected chi connectivity index (χ1v) is 9.14. The van der Waals surface area contributed by atoms with Crippen molar-refractivity contribution in [2.45, 2.75) is 26.8 Å². The van der Waals surface area contributed by atoms with Crippen molar-refractivity contribution in [1.82, 2.24) is 4.90 Å². The summed E-state index contributed by atoms with van der Waals surface area (Å²) in [5.74, 6) is -0.610. The third-order valence-electron chi connectivity index (χ3n) is 4.05. The lowest BCUT2D eigenvalue weighted by Crippen LogP contribution is -2.35. The molecule has 0 radical (unpaired) electrons. The van der Waals surface area contributed by atoms with E-state index in [1.165, 1.54) is 0 Å². The van der Waals surface area contributed by atoms with Gasteiger partial charge in [-0.2, -0.15) is 5.26 Å². The van der Waals surface area contributed by atoms with E-state index in [1.54, 1.807) is 29.2 Å². The van der Waals surface area contributed by atoms with Gasteiger partial charge in [-0.05, 0) is 31.0 Å². The van der Waals surface area contributed by atoms with Crippen LogP contribution in [-0.2, 0) is 20.9 Å². The Kier molecular flexibility index (Phi) is 8.04. The van der Waals surface area contributed by atoms with Crippen LogP contribution in [0.15, 0.2) is 48.5 Å². The van der Waals surface area contributed by atoms with Crippen LogP contribution in [0, 0.1) is 18.3 Å². The average Bonchev–Trinajstić information content (AvgIpc) is 2.71. The van der Waals surface area contributed by atoms with Gasteiger partial charge in [-0.1, -0.05) is 48.9 Å². The molecule has 0 N–H and O–H groups in total. The first-order chi connectivity index (χ1) is 13.5. The standard InChI is InChI=1S/C22H24N2O4/c1-3-12-24(14-18-10-8-17(2)9-11-18)21(25)15-28-22(26)16-27-20-7-5-4-6-19(20)13-23/h4-11H,3,12,14-16H2,1-2H3. The number of rotatable bonds is 9. The molecule has 2 aromatic carbocycles. The van der Waals surface area contributed by atoms with Gasteiger partial charge < -0.3 is 14.4 Å². The van der Waals surface area contributed by atoms with E-state index in [1.807, 2.05) is 44.2 Å². The van der Waals surface area contributed by atoms with Gasteiger partial charge in [0.1, 0.15) is 11.8 Å². The number of esters is 1. The van der Waals surface area contributed by atoms with Crippen LogP contribution in [0.2, 0.25) is 0 Å². The average molecular weight is 380 g/mol. The zero-order valence-electron chi connectivity index (χ0n) is 16.2. The van der Waals surface area contributed by atoms with E-state index in [2.05, 4.69) is 0 Å². The second kappa shape index (κ2) is 10.7. The normalized spacial score (nSPS) is 10.0. The van der Waals surface area contributed by atoms with E-state index in [9.17, 15) is 9.59 Å². The maximum absolute atomic E-state index is 12.4. The predicted octanol–water partition coefficient (Wildman–Crippen LogP) is 3.23. The van der Waals surface area contributed by atoms with Gasteiger partial charge in [0.2, 0.25) is 0 Å². The molecule has 1 amide bonds. The molecular formula is C22H24N2O4. The van der Waals surface area contributed by atoms with Gasteiger partial charge in [0.25, 0.3) is 5.91 Å². The Hall–Kier alpha value is -3.33. The molecule has 0 aliphatic heterocycles. The summed E-state index contributed by atoms with van der Waals surface area (Å²) in [6.07, 6.45) is 0.805. The fraction of sp³-hybridized carbons (Fsp3) is 0.318. The Morgan fingerprint density at radius 1 is 1.07 bits per heavy atom. The predicted molar refractivity (Wildman–Crippen MR) is 104 cm³/mol. The lowest BCUT2D eigenvalue weighted by Gasteiger charge is -2.22. The third kappa shape index (κ3) is 6.44. The molecule has 0 fully saturated rings. The second-order valence-electron chi connectivity index (χ2n) is 6.36. The summed E-state index contributed by atoms with van der Waals surface area (Å²) in [4.78, 5) is 26.0. The first kappa shape index (κ1) is 21.0. The van der Waals surface area contributed by atoms with Crippen molar-refractivity contribution in [3.8, 4) is 11.8 Å². The molecule has 6 nitrogen and oxygen atoms in total. The molecular weight excluding hydrogens is 356 g/mol. The number of benzene rings is 2. The number of amides is 1. The highest BCUT2D eigenvalue weighted by Crippen LogP contribution is 2.16. The zero-order valence-corrected chi connectivity index (χ0v) is 16.2. The van der Waals surface area contributed by atoms with E-state index in [4.69, 9.17) is 14.7 Å². The Morgan fingerprint density at radius 3 is 2.46 bits per heavy atom. The quantitative estimate of drug-likeness (QED) is 0.624. The summed E-state index contributed by atoms with van der Waals surface area (Å²) in [7, 11) is 0. The van der Waals surface area contributed by atoms with Crippen LogP contribution in [0.4, 0.5) is 0 Å². The smallest absolute Gasteiger partial charge is 0.344 e. The first-order valence-electron chi connectivity index (χ1n) is 9.14. The van der Waals surface area contributed by atoms with Crippen LogP contribution in [0.1, 0.15) is 30.0 Å². The van der Waals surface area contributed by atoms with E-state index in [-0.39, 0.29) is 19.1 Å². The van der Waals surface area contributed by atoms with Gasteiger partial charge in [-0.3, -0.25) is 4.79 Å². The number of para-hydroxylation sites is 1. The molecule has 0 aromatic heterocycles. The molecule has 0 unspecified atom stereocenters. The van der Waals surface area contributed by atoms with Crippen LogP contribution in [-0.4, -0.2) is 36.5 Å². The number of hydrogen-bond donors (Lipinski definition) is 0. The van der Waals surface area contributed by atoms with E-state index in [0.717, 1.165) is 17.5 Å². The molecule has 2 rings (SSSR count). The maximum Gasteiger partial charge on any atom is 0.344 e. The molecule has 0 heterocycles. The Morgan fingerprint density at radius 2 is 1.79 bits per heavy atom. The van der Waals surface area contributed by atoms with Crippen molar-refractivity contribution in [2.24, 2.45) is 0 Å². The number of nitrogens with zero attached hydrogens (tertiary/aromatic N) is 2. The van der Waals surface area contributed by atoms with Crippen molar-refractivity contribution >= 4 is 11.9 Å². The molecule has 28 heavy (non-hydrogen) atoms. The van der Waals surface area contributed by atoms with Crippen LogP contribution in [0.5, 0.6) is 5.75 Å². The Balaban J connectivity index is 1.84. The van der Waals surface area contributed by atoms with Gasteiger partial charge in [-0.15, -0.1) is 0 Å². The molecule has 2 aromatic rings. The summed E-state index contributed by atoms with van der Waals surface area (Å²) in [6.45, 7) is 4.34. The van der Waals surface area contributed by atoms with Crippen LogP contribution in [0.25, 0.3) is 0 Å². The van der Waals surface area contributed by atoms with Crippen LogP contribution >= 0.6 is 0 Å². The monoisotopic (exact) mass is 380 g/mol. The summed E-state index contributed by atoms with van der Waals surface area (Å²) in [5.41, 5.74) is 2.51. The van der Waals surface area contributed by atoms with Crippen molar-refractivity contribution in [3.63, 3.8) is 0 Å². The van der Waals surface area contributed by atoms with Gasteiger partial charge >= 0.3 is 5.97 Å². The molecule has 0 aliphatic carbocycles. The van der Waals surface area contributed by atoms with Gasteiger partial charge in [0, 0.05) is 13.1 Å². The highest BCUT2D eigenvalue weighted by Gasteiger charge is 2.16. The molecule has 0 atom stereocenters. The minimum atomic E-state index is -0.659. The van der Waals surface area contributed by atoms with E-state index >= 15 is 0 Å². The SMILES string of the molecule is CCCN(Cc1ccc(C)cc1)C(=O)COC(=O)COc1ccccc1C#N. The summed E-state index contributed by atoms with van der Waals surface area (Å²) in [5, 5.41) is 9.01. The Bertz CT molecular complexity index is 840. The highest BCUT2D eigenvalue weighted by molar-refractivity contribution is 5.81. The molecule has 0 bridgehead atoms. The third-order valence-corrected chi connectivity index (χ3v) is 4.05. The molecule has 0 spiro atoms. The number of carbonyl (C=O) groups is 2. The number of carbonyl (C=O) groups excluding carboxylic acids is 2. The van der Waals surface area contributed by atoms with E-state index in [0.29, 0.717) is 24.4 Å². The van der Waals surface area contributed by atoms with Gasteiger partial charge in [0.05, 0.1) is 5.56 Å². The fourth-order valence-corrected chi connectivity index (χ4v) is 2.57. The number of hydrogen-bond acceptors (Lipinski definition) is 5. The lowest BCUT2D eigenvalue weighted by molar-refractivity contribution is -0.153. The van der Waals surface area contributed by atoms with Crippen molar-refractivity contribution in [1.29, 1.82) is 5.26 Å². The number of aryl methyl sites for hydroxylation is 1. The molecule has 6 heteroatoms. The summed E-state index contributed by atoms with van der Waals surface area (Å²) >= 11 is 0. The van der Waals surface area contributed by atoms with Crippen molar-refractivity contribution in [3.05, 3.63) is 65.2 Å². The van der Waals surface area contributed by atoms with Crippen molar-refractivity contribution in [2.75, 3.05) is 19.8 Å². The molecule has 0 aliphatic rings. The zero-order chi connectivity index (χ0) is 20.4. The second-order valence-corrected chi connectivity index (χ2v) is 6.36. The maximum atomic E-state index is 12.4. The summed E-state index contributed by atoms with van der Waals surface area (Å²) < 4.78 is 10.4. The van der Waals surface area contributed by atoms with Crippen LogP contribution < -0.4 is 4.74 Å². The highest BCUT2D eigenvalue weighted by atomic mass is 16.6. The molecule has 0 saturated heterocycles. The molecule has 0 saturated carbocycles. The molecule has 146 valence electrons. The minimum Gasteiger partial charge on any atom is -0.481 e. The van der Waals surface area contributed by atoms with Crippen molar-refractivity contribution < 1.29 is 19.1 Å². The topological polar surface area (TPSA) is 79.6 Å². The van der Waals surface area contributed by atoms with Crippen LogP contribution in [0.3, 0.4) is 0 Å². The Labute approximate surface area is 165 Å². The summed E-state index contributed by atoms with van der Waals surface area (Å²) in [6, 6.07) is 16.6. The minimum absolute atomic E-state index is 0.256. The van der Waals surface area contributed by atoms with E-state index < -0.39 is 5.97 Å². The number of ether oxygens (including phenoxy) is 2. The number of nitriles is 1. The van der Waals surface area contributed by atoms with Gasteiger partial charge in [0.15, 0.2) is 13.2 Å². The lowest BCUT2D eigenvalue weighted by atomic mass is 10.1. The fourth-order valence-electron chi connectivity index (χ4n) is 2.57. The van der Waals surface area contributed by atoms with Gasteiger partial charge in [-0.25, -0.2) is 4.79 Å².